The first-order valence-electron chi connectivity index (χ1n) is 18.7. The minimum Gasteiger partial charge on any atom is -0.459 e. The van der Waals surface area contributed by atoms with Gasteiger partial charge in [0.15, 0.2) is 5.65 Å². The summed E-state index contributed by atoms with van der Waals surface area (Å²) in [7, 11) is -4.02. The lowest BCUT2D eigenvalue weighted by Gasteiger charge is -2.30. The summed E-state index contributed by atoms with van der Waals surface area (Å²) in [5.74, 6) is -2.43. The fourth-order valence-corrected chi connectivity index (χ4v) is 8.74. The van der Waals surface area contributed by atoms with Gasteiger partial charge in [0.25, 0.3) is 11.9 Å². The lowest BCUT2D eigenvalue weighted by atomic mass is 10.0. The maximum absolute atomic E-state index is 14.6. The van der Waals surface area contributed by atoms with Gasteiger partial charge in [-0.15, -0.1) is 0 Å². The first-order valence-corrected chi connectivity index (χ1v) is 20.1. The summed E-state index contributed by atoms with van der Waals surface area (Å²) in [6.45, 7) is 5.37. The third-order valence-electron chi connectivity index (χ3n) is 11.1. The van der Waals surface area contributed by atoms with Crippen LogP contribution in [-0.2, 0) is 30.6 Å². The highest BCUT2D eigenvalue weighted by Crippen LogP contribution is 2.47. The van der Waals surface area contributed by atoms with Gasteiger partial charge in [-0.3, -0.25) is 23.7 Å². The summed E-state index contributed by atoms with van der Waals surface area (Å²) in [5.41, 5.74) is -1.05. The largest absolute Gasteiger partial charge is 0.459 e. The van der Waals surface area contributed by atoms with Crippen molar-refractivity contribution in [2.45, 2.75) is 119 Å². The average Bonchev–Trinajstić information content (AvgIpc) is 3.95. The number of rotatable bonds is 8. The molecule has 0 radical (unpaired) electrons. The summed E-state index contributed by atoms with van der Waals surface area (Å²) < 4.78 is 75.6. The molecule has 18 heteroatoms. The number of imidazole rings is 1. The van der Waals surface area contributed by atoms with Crippen molar-refractivity contribution in [1.82, 2.24) is 34.5 Å². The zero-order valence-electron chi connectivity index (χ0n) is 30.8. The van der Waals surface area contributed by atoms with Gasteiger partial charge in [-0.2, -0.15) is 18.2 Å². The molecule has 7 rings (SSSR count). The van der Waals surface area contributed by atoms with Gasteiger partial charge in [-0.1, -0.05) is 25.0 Å². The minimum absolute atomic E-state index is 0.00608. The molecule has 0 spiro atoms. The molecular formula is C37H45F3N8O6S. The van der Waals surface area contributed by atoms with Crippen LogP contribution in [0.4, 0.5) is 18.9 Å². The molecule has 55 heavy (non-hydrogen) atoms. The van der Waals surface area contributed by atoms with Crippen LogP contribution in [0.25, 0.3) is 11.2 Å². The molecule has 0 bridgehead atoms. The fourth-order valence-electron chi connectivity index (χ4n) is 7.43. The molecule has 3 amide bonds. The molecule has 2 saturated carbocycles. The number of carbonyl (C=O) groups is 3. The molecule has 2 aromatic heterocycles. The van der Waals surface area contributed by atoms with Crippen LogP contribution in [0, 0.1) is 5.92 Å². The number of ether oxygens (including phenoxy) is 1. The number of nitrogens with one attached hydrogen (secondary N) is 3. The van der Waals surface area contributed by atoms with Crippen LogP contribution in [0.1, 0.15) is 90.2 Å². The SMILES string of the molecule is CC(C)n1c(O[C@@H]2C[C@H]3C(=O)N[C@]4(C(=O)NS(=O)(=O)C5(C)CC5)C[C@H]4/C=C\CCCCC[C@H](Nc4ccc(C(F)(F)F)cc4)C(=O)N3C2)nc2cncnc21. The van der Waals surface area contributed by atoms with E-state index in [0.717, 1.165) is 25.0 Å². The van der Waals surface area contributed by atoms with Crippen LogP contribution in [-0.4, -0.2) is 85.6 Å². The zero-order valence-corrected chi connectivity index (χ0v) is 31.6. The number of hydrogen-bond donors (Lipinski definition) is 3. The molecule has 2 aliphatic heterocycles. The Kier molecular flexibility index (Phi) is 10.1. The molecule has 5 atom stereocenters. The number of nitrogens with zero attached hydrogens (tertiary/aromatic N) is 5. The third-order valence-corrected chi connectivity index (χ3v) is 13.3. The second-order valence-corrected chi connectivity index (χ2v) is 17.8. The van der Waals surface area contributed by atoms with Crippen LogP contribution in [0.15, 0.2) is 48.9 Å². The summed E-state index contributed by atoms with van der Waals surface area (Å²) in [6.07, 6.45) is 5.51. The highest BCUT2D eigenvalue weighted by atomic mass is 32.2. The first-order chi connectivity index (χ1) is 26.0. The first kappa shape index (κ1) is 38.5. The van der Waals surface area contributed by atoms with E-state index in [-0.39, 0.29) is 31.4 Å². The number of benzene rings is 1. The van der Waals surface area contributed by atoms with Crippen LogP contribution in [0.3, 0.4) is 0 Å². The summed E-state index contributed by atoms with van der Waals surface area (Å²) in [4.78, 5) is 57.2. The lowest BCUT2D eigenvalue weighted by molar-refractivity contribution is -0.140. The van der Waals surface area contributed by atoms with Crippen molar-refractivity contribution in [2.75, 3.05) is 11.9 Å². The molecule has 2 aliphatic carbocycles. The molecule has 0 unspecified atom stereocenters. The van der Waals surface area contributed by atoms with E-state index in [4.69, 9.17) is 4.74 Å². The van der Waals surface area contributed by atoms with Gasteiger partial charge in [0.05, 0.1) is 23.1 Å². The smallest absolute Gasteiger partial charge is 0.416 e. The number of aromatic nitrogens is 4. The van der Waals surface area contributed by atoms with E-state index in [1.807, 2.05) is 26.0 Å². The molecule has 14 nitrogen and oxygen atoms in total. The number of sulfonamides is 1. The number of halogens is 3. The molecule has 3 aromatic rings. The molecule has 1 aromatic carbocycles. The number of alkyl halides is 3. The van der Waals surface area contributed by atoms with E-state index in [0.29, 0.717) is 49.0 Å². The number of anilines is 1. The number of allylic oxidation sites excluding steroid dienone is 1. The van der Waals surface area contributed by atoms with E-state index in [2.05, 4.69) is 30.3 Å². The second-order valence-electron chi connectivity index (χ2n) is 15.6. The van der Waals surface area contributed by atoms with Crippen molar-refractivity contribution in [2.24, 2.45) is 5.92 Å². The topological polar surface area (TPSA) is 178 Å². The summed E-state index contributed by atoms with van der Waals surface area (Å²) in [5, 5.41) is 5.98. The van der Waals surface area contributed by atoms with Crippen LogP contribution < -0.4 is 20.1 Å². The molecule has 1 saturated heterocycles. The Morgan fingerprint density at radius 1 is 1.11 bits per heavy atom. The Morgan fingerprint density at radius 2 is 1.85 bits per heavy atom. The number of carbonyl (C=O) groups excluding carboxylic acids is 3. The highest BCUT2D eigenvalue weighted by molar-refractivity contribution is 7.91. The number of fused-ring (bicyclic) bond motifs is 3. The summed E-state index contributed by atoms with van der Waals surface area (Å²) >= 11 is 0. The van der Waals surface area contributed by atoms with Gasteiger partial charge in [-0.25, -0.2) is 18.4 Å². The van der Waals surface area contributed by atoms with Crippen LogP contribution >= 0.6 is 0 Å². The Morgan fingerprint density at radius 3 is 2.55 bits per heavy atom. The van der Waals surface area contributed by atoms with Gasteiger partial charge in [0, 0.05) is 24.1 Å². The third kappa shape index (κ3) is 7.74. The summed E-state index contributed by atoms with van der Waals surface area (Å²) in [6, 6.07) is 2.42. The standard InChI is InChI=1S/C37H45F3N8O6S/c1-22(2)48-30-28(19-41-21-42-30)44-34(48)54-26-17-29-31(49)45-36(33(51)46-55(52,53)35(3)15-16-35)18-24(36)9-7-5-4-6-8-10-27(32(50)47(29)20-26)43-25-13-11-23(12-14-25)37(38,39)40/h7,9,11-14,19,21-22,24,26-27,29,43H,4-6,8,10,15-18,20H2,1-3H3,(H,45,49)(H,46,51)/b9-7-/t24-,26-,27+,29+,36-/m1/s1. The highest BCUT2D eigenvalue weighted by Gasteiger charge is 2.63. The average molecular weight is 787 g/mol. The Balaban J connectivity index is 1.21. The predicted octanol–water partition coefficient (Wildman–Crippen LogP) is 4.65. The van der Waals surface area contributed by atoms with Crippen molar-refractivity contribution in [3.63, 3.8) is 0 Å². The number of hydrogen-bond acceptors (Lipinski definition) is 10. The fraction of sp³-hybridized carbons (Fsp3) is 0.568. The monoisotopic (exact) mass is 786 g/mol. The predicted molar refractivity (Wildman–Crippen MR) is 195 cm³/mol. The van der Waals surface area contributed by atoms with Crippen LogP contribution in [0.2, 0.25) is 0 Å². The Bertz CT molecular complexity index is 2100. The zero-order chi connectivity index (χ0) is 39.3. The maximum atomic E-state index is 14.6. The van der Waals surface area contributed by atoms with Crippen molar-refractivity contribution in [3.05, 3.63) is 54.5 Å². The second kappa shape index (κ2) is 14.4. The molecular weight excluding hydrogens is 742 g/mol. The Labute approximate surface area is 316 Å². The molecule has 3 N–H and O–H groups in total. The van der Waals surface area contributed by atoms with Crippen molar-refractivity contribution in [3.8, 4) is 6.01 Å². The van der Waals surface area contributed by atoms with Gasteiger partial charge in [0.2, 0.25) is 21.8 Å². The van der Waals surface area contributed by atoms with Crippen molar-refractivity contribution >= 4 is 44.6 Å². The normalized spacial score (nSPS) is 27.7. The van der Waals surface area contributed by atoms with Gasteiger partial charge < -0.3 is 20.3 Å². The minimum atomic E-state index is -4.53. The lowest BCUT2D eigenvalue weighted by Crippen LogP contribution is -2.58. The van der Waals surface area contributed by atoms with E-state index in [9.17, 15) is 36.0 Å². The van der Waals surface area contributed by atoms with Gasteiger partial charge >= 0.3 is 6.18 Å². The molecule has 4 aliphatic rings. The molecule has 4 heterocycles. The van der Waals surface area contributed by atoms with E-state index in [1.165, 1.54) is 23.4 Å². The molecule has 3 fully saturated rings. The molecule has 296 valence electrons. The quantitative estimate of drug-likeness (QED) is 0.273. The van der Waals surface area contributed by atoms with Gasteiger partial charge in [-0.05, 0) is 83.6 Å². The van der Waals surface area contributed by atoms with E-state index >= 15 is 0 Å². The van der Waals surface area contributed by atoms with Crippen LogP contribution in [0.5, 0.6) is 6.01 Å². The van der Waals surface area contributed by atoms with Crippen molar-refractivity contribution in [1.29, 1.82) is 0 Å². The van der Waals surface area contributed by atoms with E-state index < -0.39 is 73.9 Å². The van der Waals surface area contributed by atoms with Gasteiger partial charge in [0.1, 0.15) is 35.6 Å². The Hall–Kier alpha value is -4.74. The van der Waals surface area contributed by atoms with Crippen molar-refractivity contribution < 1.29 is 40.7 Å². The van der Waals surface area contributed by atoms with E-state index in [1.54, 1.807) is 17.7 Å². The maximum Gasteiger partial charge on any atom is 0.416 e. The number of amides is 3.